The smallest absolute Gasteiger partial charge is 0.325 e. The highest BCUT2D eigenvalue weighted by molar-refractivity contribution is 6.03. The van der Waals surface area contributed by atoms with E-state index in [0.29, 0.717) is 25.6 Å². The Morgan fingerprint density at radius 3 is 2.29 bits per heavy atom. The molecule has 0 bridgehead atoms. The highest BCUT2D eigenvalue weighted by atomic mass is 19.1. The SMILES string of the molecule is COc1ccc(N2CCN(C3=NC4C(C(=O)NC(=O)N4C)N3Cc3ccc(F)cc3)CC2)cc1. The fourth-order valence-electron chi connectivity index (χ4n) is 4.69. The Bertz CT molecular complexity index is 1100. The number of piperazine rings is 1. The number of rotatable bonds is 4. The molecule has 3 aliphatic heterocycles. The first-order chi connectivity index (χ1) is 16.4. The van der Waals surface area contributed by atoms with E-state index in [1.807, 2.05) is 29.2 Å². The maximum atomic E-state index is 13.4. The zero-order valence-corrected chi connectivity index (χ0v) is 19.1. The van der Waals surface area contributed by atoms with Gasteiger partial charge in [0.1, 0.15) is 11.6 Å². The van der Waals surface area contributed by atoms with Crippen LogP contribution in [-0.2, 0) is 11.3 Å². The average Bonchev–Trinajstić information content (AvgIpc) is 3.24. The number of amides is 3. The van der Waals surface area contributed by atoms with E-state index in [1.54, 1.807) is 26.3 Å². The lowest BCUT2D eigenvalue weighted by molar-refractivity contribution is -0.127. The molecule has 1 N–H and O–H groups in total. The van der Waals surface area contributed by atoms with E-state index >= 15 is 0 Å². The molecule has 2 saturated heterocycles. The van der Waals surface area contributed by atoms with Crippen molar-refractivity contribution in [2.75, 3.05) is 45.2 Å². The molecule has 0 radical (unpaired) electrons. The van der Waals surface area contributed by atoms with Crippen molar-refractivity contribution >= 4 is 23.6 Å². The van der Waals surface area contributed by atoms with Crippen molar-refractivity contribution in [3.8, 4) is 5.75 Å². The molecule has 3 aliphatic rings. The van der Waals surface area contributed by atoms with E-state index in [0.717, 1.165) is 30.1 Å². The number of imide groups is 1. The van der Waals surface area contributed by atoms with Crippen LogP contribution in [0.1, 0.15) is 5.56 Å². The Hall–Kier alpha value is -3.82. The Labute approximate surface area is 197 Å². The summed E-state index contributed by atoms with van der Waals surface area (Å²) in [5.74, 6) is 0.822. The molecule has 2 unspecified atom stereocenters. The van der Waals surface area contributed by atoms with Crippen LogP contribution in [0.15, 0.2) is 53.5 Å². The van der Waals surface area contributed by atoms with Crippen LogP contribution in [0.25, 0.3) is 0 Å². The Morgan fingerprint density at radius 1 is 1.00 bits per heavy atom. The normalized spacial score (nSPS) is 22.5. The number of nitrogens with zero attached hydrogens (tertiary/aromatic N) is 5. The van der Waals surface area contributed by atoms with Gasteiger partial charge in [-0.15, -0.1) is 0 Å². The summed E-state index contributed by atoms with van der Waals surface area (Å²) in [7, 11) is 3.29. The van der Waals surface area contributed by atoms with Crippen LogP contribution in [0.2, 0.25) is 0 Å². The van der Waals surface area contributed by atoms with E-state index in [4.69, 9.17) is 9.73 Å². The molecule has 2 atom stereocenters. The van der Waals surface area contributed by atoms with Gasteiger partial charge in [0.25, 0.3) is 5.91 Å². The first-order valence-corrected chi connectivity index (χ1v) is 11.2. The standard InChI is InChI=1S/C24H27FN6O3/c1-28-21-20(22(32)27-24(28)33)31(15-16-3-5-17(25)6-4-16)23(26-21)30-13-11-29(12-14-30)18-7-9-19(34-2)10-8-18/h3-10,20-21H,11-15H2,1-2H3,(H,27,32,33). The summed E-state index contributed by atoms with van der Waals surface area (Å²) < 4.78 is 18.7. The number of urea groups is 1. The molecule has 0 saturated carbocycles. The molecule has 0 spiro atoms. The number of benzene rings is 2. The van der Waals surface area contributed by atoms with Crippen molar-refractivity contribution in [2.24, 2.45) is 4.99 Å². The second kappa shape index (κ2) is 8.85. The summed E-state index contributed by atoms with van der Waals surface area (Å²) in [6, 6.07) is 13.1. The number of nitrogens with one attached hydrogen (secondary N) is 1. The van der Waals surface area contributed by atoms with Gasteiger partial charge in [0, 0.05) is 45.5 Å². The molecular formula is C24H27FN6O3. The minimum atomic E-state index is -0.637. The molecule has 9 nitrogen and oxygen atoms in total. The first kappa shape index (κ1) is 22.0. The minimum Gasteiger partial charge on any atom is -0.497 e. The number of anilines is 1. The van der Waals surface area contributed by atoms with Crippen LogP contribution in [0.3, 0.4) is 0 Å². The third-order valence-corrected chi connectivity index (χ3v) is 6.60. The minimum absolute atomic E-state index is 0.313. The number of methoxy groups -OCH3 is 1. The predicted octanol–water partition coefficient (Wildman–Crippen LogP) is 1.70. The van der Waals surface area contributed by atoms with Crippen molar-refractivity contribution in [3.63, 3.8) is 0 Å². The topological polar surface area (TPSA) is 80.7 Å². The molecule has 10 heteroatoms. The number of fused-ring (bicyclic) bond motifs is 1. The number of aliphatic imine (C=N–C) groups is 1. The maximum absolute atomic E-state index is 13.4. The Kier molecular flexibility index (Phi) is 5.72. The molecule has 5 rings (SSSR count). The summed E-state index contributed by atoms with van der Waals surface area (Å²) >= 11 is 0. The lowest BCUT2D eigenvalue weighted by atomic mass is 10.1. The van der Waals surface area contributed by atoms with Crippen LogP contribution in [0.5, 0.6) is 5.75 Å². The van der Waals surface area contributed by atoms with E-state index in [1.165, 1.54) is 17.0 Å². The molecule has 34 heavy (non-hydrogen) atoms. The number of carbonyl (C=O) groups excluding carboxylic acids is 2. The Morgan fingerprint density at radius 2 is 1.65 bits per heavy atom. The summed E-state index contributed by atoms with van der Waals surface area (Å²) in [5.41, 5.74) is 1.98. The number of halogens is 1. The number of guanidine groups is 1. The molecule has 0 aromatic heterocycles. The van der Waals surface area contributed by atoms with Gasteiger partial charge >= 0.3 is 6.03 Å². The zero-order valence-electron chi connectivity index (χ0n) is 19.1. The fourth-order valence-corrected chi connectivity index (χ4v) is 4.69. The molecular weight excluding hydrogens is 439 g/mol. The van der Waals surface area contributed by atoms with Gasteiger partial charge in [-0.2, -0.15) is 0 Å². The van der Waals surface area contributed by atoms with Crippen LogP contribution in [0, 0.1) is 5.82 Å². The molecule has 2 aromatic rings. The van der Waals surface area contributed by atoms with Crippen molar-refractivity contribution < 1.29 is 18.7 Å². The lowest BCUT2D eigenvalue weighted by Crippen LogP contribution is -2.64. The van der Waals surface area contributed by atoms with Crippen molar-refractivity contribution in [1.82, 2.24) is 20.0 Å². The number of carbonyl (C=O) groups is 2. The van der Waals surface area contributed by atoms with Gasteiger partial charge in [-0.25, -0.2) is 14.2 Å². The van der Waals surface area contributed by atoms with Gasteiger partial charge < -0.3 is 24.3 Å². The molecule has 2 fully saturated rings. The van der Waals surface area contributed by atoms with E-state index in [2.05, 4.69) is 15.1 Å². The van der Waals surface area contributed by atoms with Crippen LogP contribution in [-0.4, -0.2) is 85.1 Å². The third-order valence-electron chi connectivity index (χ3n) is 6.60. The van der Waals surface area contributed by atoms with Crippen molar-refractivity contribution in [1.29, 1.82) is 0 Å². The quantitative estimate of drug-likeness (QED) is 0.739. The highest BCUT2D eigenvalue weighted by Gasteiger charge is 2.49. The van der Waals surface area contributed by atoms with E-state index in [-0.39, 0.29) is 11.7 Å². The maximum Gasteiger partial charge on any atom is 0.325 e. The zero-order chi connectivity index (χ0) is 23.8. The van der Waals surface area contributed by atoms with Crippen molar-refractivity contribution in [3.05, 3.63) is 59.9 Å². The largest absolute Gasteiger partial charge is 0.497 e. The second-order valence-electron chi connectivity index (χ2n) is 8.62. The van der Waals surface area contributed by atoms with Gasteiger partial charge in [0.05, 0.1) is 7.11 Å². The summed E-state index contributed by atoms with van der Waals surface area (Å²) in [5, 5.41) is 2.42. The van der Waals surface area contributed by atoms with Crippen LogP contribution >= 0.6 is 0 Å². The van der Waals surface area contributed by atoms with E-state index in [9.17, 15) is 14.0 Å². The number of hydrogen-bond donors (Lipinski definition) is 1. The second-order valence-corrected chi connectivity index (χ2v) is 8.62. The first-order valence-electron chi connectivity index (χ1n) is 11.2. The lowest BCUT2D eigenvalue weighted by Gasteiger charge is -2.41. The van der Waals surface area contributed by atoms with Crippen LogP contribution < -0.4 is 15.0 Å². The van der Waals surface area contributed by atoms with Gasteiger partial charge in [0.2, 0.25) is 0 Å². The summed E-state index contributed by atoms with van der Waals surface area (Å²) in [6.45, 7) is 3.37. The molecule has 178 valence electrons. The number of ether oxygens (including phenoxy) is 1. The monoisotopic (exact) mass is 466 g/mol. The fraction of sp³-hybridized carbons (Fsp3) is 0.375. The summed E-state index contributed by atoms with van der Waals surface area (Å²) in [4.78, 5) is 37.7. The molecule has 2 aromatic carbocycles. The predicted molar refractivity (Wildman–Crippen MR) is 125 cm³/mol. The molecule has 0 aliphatic carbocycles. The van der Waals surface area contributed by atoms with Crippen LogP contribution in [0.4, 0.5) is 14.9 Å². The van der Waals surface area contributed by atoms with Crippen molar-refractivity contribution in [2.45, 2.75) is 18.8 Å². The summed E-state index contributed by atoms with van der Waals surface area (Å²) in [6.07, 6.45) is -0.601. The molecule has 3 amide bonds. The number of likely N-dealkylation sites (N-methyl/N-ethyl adjacent to an activating group) is 1. The highest BCUT2D eigenvalue weighted by Crippen LogP contribution is 2.28. The van der Waals surface area contributed by atoms with Gasteiger partial charge in [0.15, 0.2) is 18.2 Å². The Balaban J connectivity index is 1.37. The molecule has 3 heterocycles. The van der Waals surface area contributed by atoms with Gasteiger partial charge in [-0.3, -0.25) is 10.1 Å². The van der Waals surface area contributed by atoms with Gasteiger partial charge in [-0.05, 0) is 42.0 Å². The number of hydrogen-bond acceptors (Lipinski definition) is 7. The third kappa shape index (κ3) is 4.00. The van der Waals surface area contributed by atoms with E-state index < -0.39 is 18.2 Å². The van der Waals surface area contributed by atoms with Gasteiger partial charge in [-0.1, -0.05) is 12.1 Å². The average molecular weight is 467 g/mol.